The van der Waals surface area contributed by atoms with Crippen molar-refractivity contribution in [1.29, 1.82) is 0 Å². The topological polar surface area (TPSA) is 63.4 Å². The highest BCUT2D eigenvalue weighted by molar-refractivity contribution is 6.32. The third kappa shape index (κ3) is 4.91. The highest BCUT2D eigenvalue weighted by Gasteiger charge is 2.15. The molecule has 19 heavy (non-hydrogen) atoms. The number of benzene rings is 1. The Balaban J connectivity index is 2.94. The summed E-state index contributed by atoms with van der Waals surface area (Å²) in [6.07, 6.45) is 3.91. The van der Waals surface area contributed by atoms with Crippen LogP contribution in [0.1, 0.15) is 38.7 Å². The van der Waals surface area contributed by atoms with Crippen LogP contribution in [-0.4, -0.2) is 10.0 Å². The summed E-state index contributed by atoms with van der Waals surface area (Å²) in [5.41, 5.74) is 0.793. The van der Waals surface area contributed by atoms with Gasteiger partial charge in [-0.3, -0.25) is 10.1 Å². The maximum absolute atomic E-state index is 11.1. The molecule has 0 saturated carbocycles. The number of halogens is 1. The monoisotopic (exact) mass is 283 g/mol. The van der Waals surface area contributed by atoms with Gasteiger partial charge >= 0.3 is 0 Å². The van der Waals surface area contributed by atoms with Crippen LogP contribution < -0.4 is 0 Å². The minimum atomic E-state index is -0.354. The van der Waals surface area contributed by atoms with Crippen molar-refractivity contribution < 1.29 is 10.0 Å². The summed E-state index contributed by atoms with van der Waals surface area (Å²) in [7, 11) is 0. The van der Waals surface area contributed by atoms with Gasteiger partial charge in [0, 0.05) is 12.5 Å². The van der Waals surface area contributed by atoms with E-state index in [1.807, 2.05) is 6.92 Å². The molecule has 0 radical (unpaired) electrons. The highest BCUT2D eigenvalue weighted by atomic mass is 35.5. The largest absolute Gasteiger partial charge is 0.506 e. The molecule has 0 amide bonds. The van der Waals surface area contributed by atoms with E-state index in [0.717, 1.165) is 12.8 Å². The summed E-state index contributed by atoms with van der Waals surface area (Å²) < 4.78 is 0. The fourth-order valence-electron chi connectivity index (χ4n) is 1.94. The number of hydrogen-bond acceptors (Lipinski definition) is 3. The van der Waals surface area contributed by atoms with Crippen molar-refractivity contribution in [1.82, 2.24) is 0 Å². The third-order valence-corrected chi connectivity index (χ3v) is 3.18. The molecule has 0 aliphatic heterocycles. The average Bonchev–Trinajstić information content (AvgIpc) is 2.33. The van der Waals surface area contributed by atoms with Crippen LogP contribution in [0.2, 0.25) is 5.02 Å². The quantitative estimate of drug-likeness (QED) is 0.618. The molecule has 0 bridgehead atoms. The molecule has 1 N–H and O–H groups in total. The molecule has 1 atom stereocenters. The summed E-state index contributed by atoms with van der Waals surface area (Å²) in [6, 6.07) is 4.56. The Labute approximate surface area is 117 Å². The van der Waals surface area contributed by atoms with Gasteiger partial charge in [0.2, 0.25) is 5.70 Å². The van der Waals surface area contributed by atoms with E-state index in [2.05, 4.69) is 6.92 Å². The van der Waals surface area contributed by atoms with Gasteiger partial charge < -0.3 is 5.11 Å². The second-order valence-electron chi connectivity index (χ2n) is 4.70. The van der Waals surface area contributed by atoms with Crippen molar-refractivity contribution >= 4 is 17.7 Å². The van der Waals surface area contributed by atoms with Crippen LogP contribution in [0.3, 0.4) is 0 Å². The van der Waals surface area contributed by atoms with E-state index in [1.165, 1.54) is 18.2 Å². The maximum atomic E-state index is 11.1. The molecule has 1 rings (SSSR count). The molecule has 0 aliphatic rings. The molecule has 5 heteroatoms. The highest BCUT2D eigenvalue weighted by Crippen LogP contribution is 2.26. The lowest BCUT2D eigenvalue weighted by Gasteiger charge is -2.07. The first kappa shape index (κ1) is 15.5. The number of nitro groups is 1. The number of allylic oxidation sites excluding steroid dienone is 1. The Morgan fingerprint density at radius 2 is 2.26 bits per heavy atom. The Kier molecular flexibility index (Phi) is 5.83. The summed E-state index contributed by atoms with van der Waals surface area (Å²) in [5.74, 6) is 0.245. The van der Waals surface area contributed by atoms with Crippen LogP contribution in [0.4, 0.5) is 0 Å². The van der Waals surface area contributed by atoms with Crippen molar-refractivity contribution in [3.05, 3.63) is 44.6 Å². The molecular weight excluding hydrogens is 266 g/mol. The van der Waals surface area contributed by atoms with Gasteiger partial charge in [0.1, 0.15) is 5.75 Å². The normalized spacial score (nSPS) is 13.3. The Morgan fingerprint density at radius 3 is 2.79 bits per heavy atom. The predicted octanol–water partition coefficient (Wildman–Crippen LogP) is 4.49. The summed E-state index contributed by atoms with van der Waals surface area (Å²) >= 11 is 5.78. The van der Waals surface area contributed by atoms with E-state index in [0.29, 0.717) is 12.0 Å². The van der Waals surface area contributed by atoms with E-state index in [9.17, 15) is 15.2 Å². The second kappa shape index (κ2) is 7.14. The van der Waals surface area contributed by atoms with E-state index in [1.54, 1.807) is 6.07 Å². The molecule has 0 aliphatic carbocycles. The fraction of sp³-hybridized carbons (Fsp3) is 0.429. The summed E-state index contributed by atoms with van der Waals surface area (Å²) in [5, 5.41) is 20.6. The molecule has 0 fully saturated rings. The number of aromatic hydroxyl groups is 1. The molecular formula is C14H18ClNO3. The zero-order valence-corrected chi connectivity index (χ0v) is 11.9. The SMILES string of the molecule is CCCC(C)CC(=Cc1ccc(O)c(Cl)c1)[N+](=O)[O-]. The van der Waals surface area contributed by atoms with Gasteiger partial charge in [0.15, 0.2) is 0 Å². The van der Waals surface area contributed by atoms with E-state index < -0.39 is 0 Å². The average molecular weight is 284 g/mol. The van der Waals surface area contributed by atoms with Crippen LogP contribution >= 0.6 is 11.6 Å². The van der Waals surface area contributed by atoms with Gasteiger partial charge in [-0.2, -0.15) is 0 Å². The Morgan fingerprint density at radius 1 is 1.58 bits per heavy atom. The molecule has 0 heterocycles. The number of phenolic OH excluding ortho intramolecular Hbond substituents is 1. The van der Waals surface area contributed by atoms with Gasteiger partial charge in [-0.25, -0.2) is 0 Å². The first-order valence-electron chi connectivity index (χ1n) is 6.27. The minimum absolute atomic E-state index is 0.0270. The van der Waals surface area contributed by atoms with Crippen LogP contribution in [0.15, 0.2) is 23.9 Å². The molecule has 0 spiro atoms. The molecule has 1 aromatic carbocycles. The van der Waals surface area contributed by atoms with Crippen molar-refractivity contribution in [3.63, 3.8) is 0 Å². The molecule has 0 aromatic heterocycles. The van der Waals surface area contributed by atoms with Crippen molar-refractivity contribution in [2.45, 2.75) is 33.1 Å². The van der Waals surface area contributed by atoms with Crippen LogP contribution in [0.25, 0.3) is 6.08 Å². The van der Waals surface area contributed by atoms with Gasteiger partial charge in [-0.05, 0) is 23.6 Å². The molecule has 104 valence electrons. The fourth-order valence-corrected chi connectivity index (χ4v) is 2.13. The predicted molar refractivity (Wildman–Crippen MR) is 76.8 cm³/mol. The lowest BCUT2D eigenvalue weighted by molar-refractivity contribution is -0.427. The zero-order chi connectivity index (χ0) is 14.4. The first-order chi connectivity index (χ1) is 8.93. The summed E-state index contributed by atoms with van der Waals surface area (Å²) in [4.78, 5) is 10.7. The number of nitrogens with zero attached hydrogens (tertiary/aromatic N) is 1. The number of phenols is 1. The van der Waals surface area contributed by atoms with Gasteiger partial charge in [0.05, 0.1) is 9.95 Å². The van der Waals surface area contributed by atoms with Crippen molar-refractivity contribution in [2.24, 2.45) is 5.92 Å². The van der Waals surface area contributed by atoms with Crippen LogP contribution in [-0.2, 0) is 0 Å². The smallest absolute Gasteiger partial charge is 0.247 e. The Hall–Kier alpha value is -1.55. The molecule has 1 aromatic rings. The third-order valence-electron chi connectivity index (χ3n) is 2.88. The lowest BCUT2D eigenvalue weighted by Crippen LogP contribution is -2.04. The zero-order valence-electron chi connectivity index (χ0n) is 11.1. The van der Waals surface area contributed by atoms with E-state index >= 15 is 0 Å². The summed E-state index contributed by atoms with van der Waals surface area (Å²) in [6.45, 7) is 4.07. The van der Waals surface area contributed by atoms with Gasteiger partial charge in [-0.1, -0.05) is 44.4 Å². The van der Waals surface area contributed by atoms with E-state index in [-0.39, 0.29) is 27.3 Å². The number of hydrogen-bond donors (Lipinski definition) is 1. The lowest BCUT2D eigenvalue weighted by atomic mass is 9.99. The van der Waals surface area contributed by atoms with Crippen LogP contribution in [0, 0.1) is 16.0 Å². The molecule has 0 saturated heterocycles. The van der Waals surface area contributed by atoms with Gasteiger partial charge in [-0.15, -0.1) is 0 Å². The molecule has 4 nitrogen and oxygen atoms in total. The minimum Gasteiger partial charge on any atom is -0.506 e. The number of rotatable bonds is 6. The van der Waals surface area contributed by atoms with Crippen LogP contribution in [0.5, 0.6) is 5.75 Å². The Bertz CT molecular complexity index is 486. The maximum Gasteiger partial charge on any atom is 0.247 e. The second-order valence-corrected chi connectivity index (χ2v) is 5.11. The van der Waals surface area contributed by atoms with Crippen molar-refractivity contribution in [3.8, 4) is 5.75 Å². The van der Waals surface area contributed by atoms with Crippen molar-refractivity contribution in [2.75, 3.05) is 0 Å². The first-order valence-corrected chi connectivity index (χ1v) is 6.65. The molecule has 1 unspecified atom stereocenters. The standard InChI is InChI=1S/C14H18ClNO3/c1-3-4-10(2)7-12(16(18)19)8-11-5-6-14(17)13(15)9-11/h5-6,8-10,17H,3-4,7H2,1-2H3. The van der Waals surface area contributed by atoms with E-state index in [4.69, 9.17) is 11.6 Å². The van der Waals surface area contributed by atoms with Gasteiger partial charge in [0.25, 0.3) is 0 Å².